The molecule has 0 aromatic heterocycles. The van der Waals surface area contributed by atoms with Crippen LogP contribution >= 0.6 is 23.5 Å². The molecule has 0 spiro atoms. The molecule has 0 aromatic carbocycles. The fraction of sp³-hybridized carbons (Fsp3) is 0.875. The summed E-state index contributed by atoms with van der Waals surface area (Å²) in [6.45, 7) is 2.88. The Balaban J connectivity index is 2.16. The molecule has 0 radical (unpaired) electrons. The number of nitrogens with one attached hydrogen (secondary N) is 2. The predicted molar refractivity (Wildman–Crippen MR) is 60.2 cm³/mol. The van der Waals surface area contributed by atoms with E-state index in [1.165, 1.54) is 0 Å². The number of amides is 1. The van der Waals surface area contributed by atoms with Crippen LogP contribution in [0.15, 0.2) is 0 Å². The first-order chi connectivity index (χ1) is 6.24. The van der Waals surface area contributed by atoms with E-state index in [0.29, 0.717) is 5.25 Å². The third-order valence-corrected chi connectivity index (χ3v) is 3.91. The number of thioether (sulfide) groups is 2. The van der Waals surface area contributed by atoms with Crippen molar-refractivity contribution in [1.29, 1.82) is 0 Å². The molecule has 1 saturated heterocycles. The molecular formula is C8H16N2OS2. The molecule has 1 fully saturated rings. The molecule has 1 rings (SSSR count). The second-order valence-electron chi connectivity index (χ2n) is 3.06. The quantitative estimate of drug-likeness (QED) is 0.724. The largest absolute Gasteiger partial charge is 0.354 e. The summed E-state index contributed by atoms with van der Waals surface area (Å²) in [6, 6.07) is 0.0269. The van der Waals surface area contributed by atoms with Crippen molar-refractivity contribution in [2.75, 3.05) is 24.4 Å². The Hall–Kier alpha value is 0.130. The van der Waals surface area contributed by atoms with E-state index >= 15 is 0 Å². The van der Waals surface area contributed by atoms with Gasteiger partial charge >= 0.3 is 0 Å². The molecule has 0 bridgehead atoms. The first-order valence-electron chi connectivity index (χ1n) is 4.35. The van der Waals surface area contributed by atoms with Crippen LogP contribution in [-0.2, 0) is 4.79 Å². The van der Waals surface area contributed by atoms with Crippen molar-refractivity contribution in [2.45, 2.75) is 18.2 Å². The van der Waals surface area contributed by atoms with Crippen LogP contribution in [0.25, 0.3) is 0 Å². The van der Waals surface area contributed by atoms with Crippen LogP contribution in [0.4, 0.5) is 0 Å². The average Bonchev–Trinajstić information content (AvgIpc) is 2.66. The van der Waals surface area contributed by atoms with E-state index < -0.39 is 0 Å². The highest BCUT2D eigenvalue weighted by Crippen LogP contribution is 2.09. The van der Waals surface area contributed by atoms with Crippen LogP contribution in [0.1, 0.15) is 6.92 Å². The Morgan fingerprint density at radius 3 is 3.15 bits per heavy atom. The van der Waals surface area contributed by atoms with Crippen molar-refractivity contribution in [1.82, 2.24) is 10.6 Å². The molecular weight excluding hydrogens is 204 g/mol. The summed E-state index contributed by atoms with van der Waals surface area (Å²) < 4.78 is 0. The van der Waals surface area contributed by atoms with E-state index in [4.69, 9.17) is 0 Å². The summed E-state index contributed by atoms with van der Waals surface area (Å²) in [4.78, 5) is 11.5. The lowest BCUT2D eigenvalue weighted by Gasteiger charge is -2.13. The summed E-state index contributed by atoms with van der Waals surface area (Å²) in [5.41, 5.74) is 0. The number of carbonyl (C=O) groups excluding carboxylic acids is 1. The molecule has 76 valence electrons. The topological polar surface area (TPSA) is 41.1 Å². The molecule has 1 amide bonds. The molecule has 3 nitrogen and oxygen atoms in total. The maximum Gasteiger partial charge on any atom is 0.238 e. The van der Waals surface area contributed by atoms with Gasteiger partial charge in [-0.1, -0.05) is 6.92 Å². The highest BCUT2D eigenvalue weighted by molar-refractivity contribution is 7.99. The fourth-order valence-electron chi connectivity index (χ4n) is 1.01. The third kappa shape index (κ3) is 3.79. The molecule has 0 unspecified atom stereocenters. The van der Waals surface area contributed by atoms with Gasteiger partial charge in [0.1, 0.15) is 0 Å². The number of rotatable bonds is 4. The summed E-state index contributed by atoms with van der Waals surface area (Å²) in [5, 5.41) is 6.58. The van der Waals surface area contributed by atoms with Crippen LogP contribution in [0.2, 0.25) is 0 Å². The molecule has 1 aliphatic rings. The van der Waals surface area contributed by atoms with E-state index in [9.17, 15) is 4.79 Å². The second-order valence-corrected chi connectivity index (χ2v) is 5.37. The summed E-state index contributed by atoms with van der Waals surface area (Å²) in [5.74, 6) is 1.95. The molecule has 13 heavy (non-hydrogen) atoms. The Kier molecular flexibility index (Phi) is 4.98. The Bertz CT molecular complexity index is 172. The third-order valence-electron chi connectivity index (χ3n) is 2.00. The lowest BCUT2D eigenvalue weighted by atomic mass is 10.3. The van der Waals surface area contributed by atoms with Crippen molar-refractivity contribution in [3.05, 3.63) is 0 Å². The van der Waals surface area contributed by atoms with Gasteiger partial charge in [0, 0.05) is 23.4 Å². The van der Waals surface area contributed by atoms with Gasteiger partial charge in [-0.15, -0.1) is 11.8 Å². The molecule has 5 heteroatoms. The minimum absolute atomic E-state index is 0.0269. The van der Waals surface area contributed by atoms with Crippen LogP contribution in [-0.4, -0.2) is 41.6 Å². The van der Waals surface area contributed by atoms with E-state index in [1.807, 2.05) is 0 Å². The maximum absolute atomic E-state index is 11.5. The molecule has 0 aliphatic carbocycles. The molecule has 1 aliphatic heterocycles. The summed E-state index contributed by atoms with van der Waals surface area (Å²) in [7, 11) is 0. The maximum atomic E-state index is 11.5. The minimum Gasteiger partial charge on any atom is -0.354 e. The SMILES string of the molecule is CS[C@H](C)CNC(=O)[C@@H]1CSCN1. The first kappa shape index (κ1) is 11.2. The first-order valence-corrected chi connectivity index (χ1v) is 6.80. The van der Waals surface area contributed by atoms with E-state index in [2.05, 4.69) is 23.8 Å². The molecule has 0 aromatic rings. The minimum atomic E-state index is 0.0269. The van der Waals surface area contributed by atoms with Crippen molar-refractivity contribution in [3.8, 4) is 0 Å². The van der Waals surface area contributed by atoms with Crippen molar-refractivity contribution in [3.63, 3.8) is 0 Å². The zero-order chi connectivity index (χ0) is 9.68. The van der Waals surface area contributed by atoms with Gasteiger partial charge in [-0.05, 0) is 6.26 Å². The van der Waals surface area contributed by atoms with Gasteiger partial charge in [0.2, 0.25) is 5.91 Å². The van der Waals surface area contributed by atoms with Gasteiger partial charge in [-0.2, -0.15) is 11.8 Å². The van der Waals surface area contributed by atoms with E-state index in [1.54, 1.807) is 23.5 Å². The van der Waals surface area contributed by atoms with Crippen LogP contribution in [0.3, 0.4) is 0 Å². The van der Waals surface area contributed by atoms with Gasteiger partial charge in [0.15, 0.2) is 0 Å². The number of carbonyl (C=O) groups is 1. The van der Waals surface area contributed by atoms with Crippen molar-refractivity contribution >= 4 is 29.4 Å². The zero-order valence-corrected chi connectivity index (χ0v) is 9.63. The van der Waals surface area contributed by atoms with Crippen molar-refractivity contribution in [2.24, 2.45) is 0 Å². The summed E-state index contributed by atoms with van der Waals surface area (Å²) >= 11 is 3.54. The Morgan fingerprint density at radius 2 is 2.62 bits per heavy atom. The van der Waals surface area contributed by atoms with Gasteiger partial charge in [0.05, 0.1) is 6.04 Å². The monoisotopic (exact) mass is 220 g/mol. The van der Waals surface area contributed by atoms with Crippen LogP contribution in [0, 0.1) is 0 Å². The van der Waals surface area contributed by atoms with Gasteiger partial charge < -0.3 is 5.32 Å². The predicted octanol–water partition coefficient (Wildman–Crippen LogP) is 0.517. The average molecular weight is 220 g/mol. The number of hydrogen-bond acceptors (Lipinski definition) is 4. The van der Waals surface area contributed by atoms with Gasteiger partial charge in [0.25, 0.3) is 0 Å². The highest BCUT2D eigenvalue weighted by Gasteiger charge is 2.22. The lowest BCUT2D eigenvalue weighted by molar-refractivity contribution is -0.122. The smallest absolute Gasteiger partial charge is 0.238 e. The van der Waals surface area contributed by atoms with Crippen LogP contribution in [0.5, 0.6) is 0 Å². The van der Waals surface area contributed by atoms with E-state index in [0.717, 1.165) is 18.2 Å². The number of hydrogen-bond donors (Lipinski definition) is 2. The Labute approximate surface area is 87.8 Å². The zero-order valence-electron chi connectivity index (χ0n) is 8.00. The van der Waals surface area contributed by atoms with E-state index in [-0.39, 0.29) is 11.9 Å². The molecule has 1 heterocycles. The lowest BCUT2D eigenvalue weighted by Crippen LogP contribution is -2.43. The second kappa shape index (κ2) is 5.78. The molecule has 2 atom stereocenters. The molecule has 2 N–H and O–H groups in total. The highest BCUT2D eigenvalue weighted by atomic mass is 32.2. The Morgan fingerprint density at radius 1 is 1.85 bits per heavy atom. The van der Waals surface area contributed by atoms with Gasteiger partial charge in [-0.3, -0.25) is 10.1 Å². The molecule has 0 saturated carbocycles. The fourth-order valence-corrected chi connectivity index (χ4v) is 2.21. The summed E-state index contributed by atoms with van der Waals surface area (Å²) in [6.07, 6.45) is 2.06. The standard InChI is InChI=1S/C8H16N2OS2/c1-6(12-2)3-9-8(11)7-4-13-5-10-7/h6-7,10H,3-5H2,1-2H3,(H,9,11)/t6-,7+/m1/s1. The normalized spacial score (nSPS) is 24.3. The van der Waals surface area contributed by atoms with Crippen LogP contribution < -0.4 is 10.6 Å². The van der Waals surface area contributed by atoms with Crippen molar-refractivity contribution < 1.29 is 4.79 Å². The van der Waals surface area contributed by atoms with Gasteiger partial charge in [-0.25, -0.2) is 0 Å².